The van der Waals surface area contributed by atoms with E-state index < -0.39 is 12.0 Å². The van der Waals surface area contributed by atoms with Crippen LogP contribution in [0.15, 0.2) is 24.3 Å². The van der Waals surface area contributed by atoms with Crippen LogP contribution < -0.4 is 10.6 Å². The third kappa shape index (κ3) is 7.67. The molecule has 1 unspecified atom stereocenters. The third-order valence-electron chi connectivity index (χ3n) is 5.28. The lowest BCUT2D eigenvalue weighted by molar-refractivity contribution is -0.150. The molecular formula is C23H34N2O4S. The molecule has 1 saturated carbocycles. The first kappa shape index (κ1) is 24.3. The van der Waals surface area contributed by atoms with E-state index in [0.717, 1.165) is 31.2 Å². The molecule has 0 aromatic heterocycles. The molecular weight excluding hydrogens is 400 g/mol. The topological polar surface area (TPSA) is 84.5 Å². The molecule has 1 aliphatic rings. The molecule has 1 aromatic carbocycles. The van der Waals surface area contributed by atoms with Crippen molar-refractivity contribution in [1.29, 1.82) is 0 Å². The average Bonchev–Trinajstić information content (AvgIpc) is 3.21. The molecule has 1 aromatic rings. The Balaban J connectivity index is 1.92. The van der Waals surface area contributed by atoms with E-state index in [0.29, 0.717) is 17.7 Å². The molecule has 7 heteroatoms. The number of carbonyl (C=O) groups excluding carboxylic acids is 3. The maximum absolute atomic E-state index is 12.6. The van der Waals surface area contributed by atoms with Gasteiger partial charge in [-0.05, 0) is 54.4 Å². The van der Waals surface area contributed by atoms with E-state index in [9.17, 15) is 14.4 Å². The molecule has 1 fully saturated rings. The predicted molar refractivity (Wildman–Crippen MR) is 121 cm³/mol. The third-order valence-corrected chi connectivity index (χ3v) is 5.92. The van der Waals surface area contributed by atoms with Crippen molar-refractivity contribution in [2.75, 3.05) is 18.6 Å². The van der Waals surface area contributed by atoms with Crippen molar-refractivity contribution in [1.82, 2.24) is 10.6 Å². The van der Waals surface area contributed by atoms with Crippen LogP contribution in [0.5, 0.6) is 0 Å². The summed E-state index contributed by atoms with van der Waals surface area (Å²) < 4.78 is 5.20. The second-order valence-corrected chi connectivity index (χ2v) is 9.78. The highest BCUT2D eigenvalue weighted by Gasteiger charge is 2.24. The van der Waals surface area contributed by atoms with E-state index >= 15 is 0 Å². The van der Waals surface area contributed by atoms with Crippen molar-refractivity contribution in [2.24, 2.45) is 0 Å². The first-order chi connectivity index (χ1) is 14.2. The van der Waals surface area contributed by atoms with Crippen LogP contribution >= 0.6 is 11.8 Å². The van der Waals surface area contributed by atoms with Gasteiger partial charge >= 0.3 is 5.97 Å². The number of rotatable bonds is 9. The number of nitrogens with one attached hydrogen (secondary N) is 2. The van der Waals surface area contributed by atoms with E-state index in [1.807, 2.05) is 18.4 Å². The van der Waals surface area contributed by atoms with E-state index in [2.05, 4.69) is 31.4 Å². The summed E-state index contributed by atoms with van der Waals surface area (Å²) in [6.07, 6.45) is 6.55. The zero-order valence-electron chi connectivity index (χ0n) is 18.5. The van der Waals surface area contributed by atoms with E-state index in [1.54, 1.807) is 23.9 Å². The summed E-state index contributed by atoms with van der Waals surface area (Å²) in [6.45, 7) is 6.01. The lowest BCUT2D eigenvalue weighted by atomic mass is 9.86. The Morgan fingerprint density at radius 1 is 1.13 bits per heavy atom. The van der Waals surface area contributed by atoms with Gasteiger partial charge in [0.25, 0.3) is 11.8 Å². The molecule has 30 heavy (non-hydrogen) atoms. The van der Waals surface area contributed by atoms with Gasteiger partial charge < -0.3 is 15.4 Å². The number of hydrogen-bond donors (Lipinski definition) is 2. The maximum atomic E-state index is 12.6. The van der Waals surface area contributed by atoms with Crippen molar-refractivity contribution in [3.05, 3.63) is 35.4 Å². The zero-order valence-corrected chi connectivity index (χ0v) is 19.3. The molecule has 2 N–H and O–H groups in total. The second kappa shape index (κ2) is 11.4. The van der Waals surface area contributed by atoms with Crippen LogP contribution in [0.1, 0.15) is 68.8 Å². The lowest BCUT2D eigenvalue weighted by Crippen LogP contribution is -2.44. The Bertz CT molecular complexity index is 722. The molecule has 2 amide bonds. The van der Waals surface area contributed by atoms with E-state index in [1.165, 1.54) is 0 Å². The molecule has 2 rings (SSSR count). The van der Waals surface area contributed by atoms with Crippen molar-refractivity contribution in [3.63, 3.8) is 0 Å². The van der Waals surface area contributed by atoms with Gasteiger partial charge in [-0.2, -0.15) is 11.8 Å². The van der Waals surface area contributed by atoms with Gasteiger partial charge in [-0.1, -0.05) is 45.7 Å². The van der Waals surface area contributed by atoms with Crippen molar-refractivity contribution in [2.45, 2.75) is 70.4 Å². The van der Waals surface area contributed by atoms with Gasteiger partial charge in [0.1, 0.15) is 6.04 Å². The number of benzene rings is 1. The molecule has 0 bridgehead atoms. The van der Waals surface area contributed by atoms with Crippen LogP contribution in [0.4, 0.5) is 0 Å². The van der Waals surface area contributed by atoms with Gasteiger partial charge in [-0.3, -0.25) is 9.59 Å². The van der Waals surface area contributed by atoms with Gasteiger partial charge in [0.2, 0.25) is 0 Å². The maximum Gasteiger partial charge on any atom is 0.329 e. The van der Waals surface area contributed by atoms with Crippen LogP contribution in [0.3, 0.4) is 0 Å². The predicted octanol–water partition coefficient (Wildman–Crippen LogP) is 3.44. The number of carbonyl (C=O) groups is 3. The first-order valence-electron chi connectivity index (χ1n) is 10.6. The SMILES string of the molecule is CSCCC(NC(=O)c1ccc(C(C)(C)C)cc1)C(=O)OCC(=O)NC1CCCC1. The van der Waals surface area contributed by atoms with Crippen molar-refractivity contribution in [3.8, 4) is 0 Å². The van der Waals surface area contributed by atoms with Crippen LogP contribution in [-0.2, 0) is 19.7 Å². The number of esters is 1. The van der Waals surface area contributed by atoms with Crippen LogP contribution in [0.25, 0.3) is 0 Å². The normalized spacial score (nSPS) is 15.5. The molecule has 0 saturated heterocycles. The number of thioether (sulfide) groups is 1. The largest absolute Gasteiger partial charge is 0.454 e. The van der Waals surface area contributed by atoms with Gasteiger partial charge in [0.15, 0.2) is 6.61 Å². The fourth-order valence-corrected chi connectivity index (χ4v) is 3.90. The molecule has 166 valence electrons. The molecule has 0 heterocycles. The number of amides is 2. The summed E-state index contributed by atoms with van der Waals surface area (Å²) in [5, 5.41) is 5.66. The average molecular weight is 435 g/mol. The number of hydrogen-bond acceptors (Lipinski definition) is 5. The monoisotopic (exact) mass is 434 g/mol. The molecule has 0 spiro atoms. The van der Waals surface area contributed by atoms with Crippen LogP contribution in [-0.4, -0.2) is 48.5 Å². The Labute approximate surface area is 183 Å². The highest BCUT2D eigenvalue weighted by atomic mass is 32.2. The fraction of sp³-hybridized carbons (Fsp3) is 0.609. The Hall–Kier alpha value is -2.02. The van der Waals surface area contributed by atoms with Gasteiger partial charge in [0.05, 0.1) is 0 Å². The van der Waals surface area contributed by atoms with E-state index in [4.69, 9.17) is 4.74 Å². The summed E-state index contributed by atoms with van der Waals surface area (Å²) >= 11 is 1.58. The van der Waals surface area contributed by atoms with Crippen LogP contribution in [0.2, 0.25) is 0 Å². The molecule has 1 aliphatic carbocycles. The molecule has 6 nitrogen and oxygen atoms in total. The standard InChI is InChI=1S/C23H34N2O4S/c1-23(2,3)17-11-9-16(10-12-17)21(27)25-19(13-14-30-4)22(28)29-15-20(26)24-18-7-5-6-8-18/h9-12,18-19H,5-8,13-15H2,1-4H3,(H,24,26)(H,25,27). The molecule has 1 atom stereocenters. The summed E-state index contributed by atoms with van der Waals surface area (Å²) in [5.74, 6) is -0.501. The lowest BCUT2D eigenvalue weighted by Gasteiger charge is -2.20. The number of ether oxygens (including phenoxy) is 1. The highest BCUT2D eigenvalue weighted by molar-refractivity contribution is 7.98. The van der Waals surface area contributed by atoms with Crippen molar-refractivity contribution < 1.29 is 19.1 Å². The summed E-state index contributed by atoms with van der Waals surface area (Å²) in [4.78, 5) is 37.2. The second-order valence-electron chi connectivity index (χ2n) is 8.79. The smallest absolute Gasteiger partial charge is 0.329 e. The van der Waals surface area contributed by atoms with Gasteiger partial charge in [-0.15, -0.1) is 0 Å². The minimum absolute atomic E-state index is 0.00122. The highest BCUT2D eigenvalue weighted by Crippen LogP contribution is 2.22. The quantitative estimate of drug-likeness (QED) is 0.582. The van der Waals surface area contributed by atoms with Gasteiger partial charge in [0, 0.05) is 11.6 Å². The fourth-order valence-electron chi connectivity index (χ4n) is 3.42. The Morgan fingerprint density at radius 2 is 1.77 bits per heavy atom. The Kier molecular flexibility index (Phi) is 9.21. The summed E-state index contributed by atoms with van der Waals surface area (Å²) in [6, 6.07) is 6.78. The van der Waals surface area contributed by atoms with Crippen molar-refractivity contribution >= 4 is 29.5 Å². The first-order valence-corrected chi connectivity index (χ1v) is 12.0. The summed E-state index contributed by atoms with van der Waals surface area (Å²) in [5.41, 5.74) is 1.62. The summed E-state index contributed by atoms with van der Waals surface area (Å²) in [7, 11) is 0. The minimum atomic E-state index is -0.786. The molecule has 0 aliphatic heterocycles. The Morgan fingerprint density at radius 3 is 2.33 bits per heavy atom. The minimum Gasteiger partial charge on any atom is -0.454 e. The van der Waals surface area contributed by atoms with E-state index in [-0.39, 0.29) is 29.9 Å². The zero-order chi connectivity index (χ0) is 22.1. The van der Waals surface area contributed by atoms with Gasteiger partial charge in [-0.25, -0.2) is 4.79 Å². The molecule has 0 radical (unpaired) electrons. The van der Waals surface area contributed by atoms with Crippen LogP contribution in [0, 0.1) is 0 Å².